The number of hydrogen-bond acceptors (Lipinski definition) is 4. The zero-order valence-electron chi connectivity index (χ0n) is 12.5. The molecule has 3 rings (SSSR count). The molecule has 6 heteroatoms. The van der Waals surface area contributed by atoms with E-state index < -0.39 is 10.0 Å². The van der Waals surface area contributed by atoms with Gasteiger partial charge in [-0.15, -0.1) is 11.3 Å². The first-order valence-electron chi connectivity index (χ1n) is 7.95. The number of thiophene rings is 1. The van der Waals surface area contributed by atoms with E-state index in [0.717, 1.165) is 37.1 Å². The molecule has 2 saturated carbocycles. The molecule has 21 heavy (non-hydrogen) atoms. The maximum Gasteiger partial charge on any atom is 0.252 e. The average molecular weight is 329 g/mol. The Bertz CT molecular complexity index is 574. The van der Waals surface area contributed by atoms with Gasteiger partial charge in [0.2, 0.25) is 0 Å². The fourth-order valence-electron chi connectivity index (χ4n) is 2.52. The van der Waals surface area contributed by atoms with Crippen LogP contribution >= 0.6 is 11.3 Å². The molecular formula is C15H24N2O2S2. The third kappa shape index (κ3) is 3.86. The molecule has 1 aromatic rings. The van der Waals surface area contributed by atoms with Crippen LogP contribution in [-0.4, -0.2) is 37.9 Å². The fourth-order valence-corrected chi connectivity index (χ4v) is 5.78. The lowest BCUT2D eigenvalue weighted by atomic mass is 10.3. The molecule has 0 radical (unpaired) electrons. The highest BCUT2D eigenvalue weighted by atomic mass is 32.2. The van der Waals surface area contributed by atoms with Crippen molar-refractivity contribution < 1.29 is 8.42 Å². The van der Waals surface area contributed by atoms with E-state index in [1.165, 1.54) is 24.2 Å². The van der Waals surface area contributed by atoms with E-state index in [1.807, 2.05) is 13.0 Å². The van der Waals surface area contributed by atoms with Gasteiger partial charge in [0.1, 0.15) is 4.21 Å². The van der Waals surface area contributed by atoms with Crippen molar-refractivity contribution in [2.75, 3.05) is 13.1 Å². The second kappa shape index (κ2) is 6.36. The van der Waals surface area contributed by atoms with Crippen LogP contribution in [-0.2, 0) is 16.4 Å². The van der Waals surface area contributed by atoms with Crippen molar-refractivity contribution >= 4 is 21.4 Å². The Kier molecular flexibility index (Phi) is 4.69. The highest BCUT2D eigenvalue weighted by Gasteiger charge is 2.38. The predicted octanol–water partition coefficient (Wildman–Crippen LogP) is 2.61. The largest absolute Gasteiger partial charge is 0.314 e. The summed E-state index contributed by atoms with van der Waals surface area (Å²) >= 11 is 1.44. The van der Waals surface area contributed by atoms with Gasteiger partial charge in [-0.3, -0.25) is 0 Å². The van der Waals surface area contributed by atoms with Crippen molar-refractivity contribution in [1.82, 2.24) is 9.62 Å². The third-order valence-corrected chi connectivity index (χ3v) is 7.54. The maximum atomic E-state index is 12.7. The van der Waals surface area contributed by atoms with Gasteiger partial charge in [0.25, 0.3) is 10.0 Å². The molecule has 0 unspecified atom stereocenters. The van der Waals surface area contributed by atoms with Crippen molar-refractivity contribution in [2.24, 2.45) is 0 Å². The van der Waals surface area contributed by atoms with Gasteiger partial charge in [0.15, 0.2) is 0 Å². The van der Waals surface area contributed by atoms with Crippen molar-refractivity contribution in [3.05, 3.63) is 17.0 Å². The van der Waals surface area contributed by atoms with Crippen LogP contribution in [0.25, 0.3) is 0 Å². The van der Waals surface area contributed by atoms with Crippen LogP contribution in [0, 0.1) is 0 Å². The van der Waals surface area contributed by atoms with Crippen LogP contribution < -0.4 is 5.32 Å². The van der Waals surface area contributed by atoms with Crippen LogP contribution in [0.5, 0.6) is 0 Å². The lowest BCUT2D eigenvalue weighted by Gasteiger charge is -2.20. The third-order valence-electron chi connectivity index (χ3n) is 3.98. The Balaban J connectivity index is 1.64. The molecule has 1 heterocycles. The molecule has 0 spiro atoms. The lowest BCUT2D eigenvalue weighted by Crippen LogP contribution is -2.33. The summed E-state index contributed by atoms with van der Waals surface area (Å²) in [6, 6.07) is 4.72. The van der Waals surface area contributed by atoms with E-state index in [0.29, 0.717) is 16.8 Å². The fraction of sp³-hybridized carbons (Fsp3) is 0.733. The van der Waals surface area contributed by atoms with E-state index in [-0.39, 0.29) is 6.04 Å². The Labute approximate surface area is 131 Å². The van der Waals surface area contributed by atoms with Crippen LogP contribution in [0.4, 0.5) is 0 Å². The smallest absolute Gasteiger partial charge is 0.252 e. The molecule has 0 saturated heterocycles. The minimum Gasteiger partial charge on any atom is -0.314 e. The zero-order valence-corrected chi connectivity index (χ0v) is 14.2. The van der Waals surface area contributed by atoms with Gasteiger partial charge in [-0.25, -0.2) is 8.42 Å². The van der Waals surface area contributed by atoms with Crippen LogP contribution in [0.3, 0.4) is 0 Å². The van der Waals surface area contributed by atoms with E-state index in [4.69, 9.17) is 0 Å². The SMILES string of the molecule is CCCN(C1CC1)S(=O)(=O)c1ccc(CCNC2CC2)s1. The maximum absolute atomic E-state index is 12.7. The molecule has 0 aliphatic heterocycles. The van der Waals surface area contributed by atoms with E-state index >= 15 is 0 Å². The van der Waals surface area contributed by atoms with Crippen LogP contribution in [0.15, 0.2) is 16.3 Å². The molecule has 1 aromatic heterocycles. The molecule has 0 atom stereocenters. The van der Waals surface area contributed by atoms with Crippen molar-refractivity contribution in [2.45, 2.75) is 61.7 Å². The first-order chi connectivity index (χ1) is 10.1. The highest BCUT2D eigenvalue weighted by molar-refractivity contribution is 7.91. The van der Waals surface area contributed by atoms with Crippen molar-refractivity contribution in [3.63, 3.8) is 0 Å². The number of rotatable bonds is 9. The van der Waals surface area contributed by atoms with Gasteiger partial charge in [0, 0.05) is 30.1 Å². The summed E-state index contributed by atoms with van der Waals surface area (Å²) in [5, 5.41) is 3.47. The number of nitrogens with zero attached hydrogens (tertiary/aromatic N) is 1. The molecule has 2 aliphatic carbocycles. The number of hydrogen-bond donors (Lipinski definition) is 1. The van der Waals surface area contributed by atoms with Gasteiger partial charge >= 0.3 is 0 Å². The minimum atomic E-state index is -3.28. The molecule has 2 aliphatic rings. The van der Waals surface area contributed by atoms with E-state index in [2.05, 4.69) is 5.32 Å². The zero-order chi connectivity index (χ0) is 14.9. The van der Waals surface area contributed by atoms with E-state index in [9.17, 15) is 8.42 Å². The first-order valence-corrected chi connectivity index (χ1v) is 10.2. The molecule has 118 valence electrons. The van der Waals surface area contributed by atoms with Gasteiger partial charge in [-0.05, 0) is 50.7 Å². The lowest BCUT2D eigenvalue weighted by molar-refractivity contribution is 0.404. The van der Waals surface area contributed by atoms with Gasteiger partial charge < -0.3 is 5.32 Å². The molecule has 4 nitrogen and oxygen atoms in total. The molecule has 1 N–H and O–H groups in total. The monoisotopic (exact) mass is 328 g/mol. The Morgan fingerprint density at radius 1 is 1.29 bits per heavy atom. The van der Waals surface area contributed by atoms with Crippen LogP contribution in [0.2, 0.25) is 0 Å². The summed E-state index contributed by atoms with van der Waals surface area (Å²) in [4.78, 5) is 1.16. The summed E-state index contributed by atoms with van der Waals surface area (Å²) in [7, 11) is -3.28. The standard InChI is InChI=1S/C15H24N2O2S2/c1-2-11-17(13-5-6-13)21(18,19)15-8-7-14(20-15)9-10-16-12-3-4-12/h7-8,12-13,16H,2-6,9-11H2,1H3. The van der Waals surface area contributed by atoms with Gasteiger partial charge in [0.05, 0.1) is 0 Å². The van der Waals surface area contributed by atoms with Gasteiger partial charge in [-0.2, -0.15) is 4.31 Å². The number of sulfonamides is 1. The Morgan fingerprint density at radius 2 is 2.05 bits per heavy atom. The average Bonchev–Trinajstić information content (AvgIpc) is 3.36. The second-order valence-corrected chi connectivity index (χ2v) is 9.33. The molecule has 0 aromatic carbocycles. The summed E-state index contributed by atoms with van der Waals surface area (Å²) < 4.78 is 27.7. The first kappa shape index (κ1) is 15.5. The predicted molar refractivity (Wildman–Crippen MR) is 86.3 cm³/mol. The van der Waals surface area contributed by atoms with Crippen molar-refractivity contribution in [1.29, 1.82) is 0 Å². The number of nitrogens with one attached hydrogen (secondary N) is 1. The Hall–Kier alpha value is -0.430. The summed E-state index contributed by atoms with van der Waals surface area (Å²) in [5.74, 6) is 0. The van der Waals surface area contributed by atoms with Gasteiger partial charge in [-0.1, -0.05) is 6.92 Å². The molecule has 0 bridgehead atoms. The topological polar surface area (TPSA) is 49.4 Å². The minimum absolute atomic E-state index is 0.247. The quantitative estimate of drug-likeness (QED) is 0.758. The van der Waals surface area contributed by atoms with Crippen molar-refractivity contribution in [3.8, 4) is 0 Å². The second-order valence-electron chi connectivity index (χ2n) is 6.05. The van der Waals surface area contributed by atoms with Crippen LogP contribution in [0.1, 0.15) is 43.9 Å². The Morgan fingerprint density at radius 3 is 2.67 bits per heavy atom. The summed E-state index contributed by atoms with van der Waals surface area (Å²) in [6.45, 7) is 3.63. The molecule has 0 amide bonds. The highest BCUT2D eigenvalue weighted by Crippen LogP contribution is 2.34. The summed E-state index contributed by atoms with van der Waals surface area (Å²) in [6.07, 6.45) is 6.41. The van der Waals surface area contributed by atoms with E-state index in [1.54, 1.807) is 10.4 Å². The molecular weight excluding hydrogens is 304 g/mol. The normalized spacial score (nSPS) is 19.3. The molecule has 2 fully saturated rings. The summed E-state index contributed by atoms with van der Waals surface area (Å²) in [5.41, 5.74) is 0.